The van der Waals surface area contributed by atoms with Gasteiger partial charge in [-0.2, -0.15) is 0 Å². The van der Waals surface area contributed by atoms with E-state index >= 15 is 0 Å². The van der Waals surface area contributed by atoms with Gasteiger partial charge in [-0.25, -0.2) is 4.79 Å². The second-order valence-corrected chi connectivity index (χ2v) is 21.3. The van der Waals surface area contributed by atoms with Crippen molar-refractivity contribution in [2.45, 2.75) is 136 Å². The molecule has 10 atom stereocenters. The van der Waals surface area contributed by atoms with Crippen molar-refractivity contribution < 1.29 is 33.4 Å². The topological polar surface area (TPSA) is 122 Å². The van der Waals surface area contributed by atoms with E-state index in [1.165, 1.54) is 18.8 Å². The molecule has 0 spiro atoms. The molecule has 1 aromatic carbocycles. The molecule has 0 aromatic heterocycles. The van der Waals surface area contributed by atoms with E-state index < -0.39 is 17.4 Å². The summed E-state index contributed by atoms with van der Waals surface area (Å²) >= 11 is 0.470. The summed E-state index contributed by atoms with van der Waals surface area (Å²) in [7, 11) is 1.34. The van der Waals surface area contributed by atoms with Gasteiger partial charge in [-0.3, -0.25) is 4.79 Å². The minimum absolute atomic E-state index is 0.00618. The molecule has 5 aliphatic carbocycles. The monoisotopic (exact) mass is 809 g/mol. The molecule has 8 nitrogen and oxygen atoms in total. The number of rotatable bonds is 9. The van der Waals surface area contributed by atoms with E-state index in [0.717, 1.165) is 62.2 Å². The molecule has 4 fully saturated rings. The van der Waals surface area contributed by atoms with Crippen LogP contribution in [0.3, 0.4) is 0 Å². The summed E-state index contributed by atoms with van der Waals surface area (Å²) in [5.74, 6) is 2.12. The van der Waals surface area contributed by atoms with Gasteiger partial charge in [0.15, 0.2) is 0 Å². The summed E-state index contributed by atoms with van der Waals surface area (Å²) < 4.78 is 16.9. The molecule has 9 heteroatoms. The first kappa shape index (κ1) is 40.9. The molecule has 0 bridgehead atoms. The number of ether oxygens (including phenoxy) is 3. The van der Waals surface area contributed by atoms with Gasteiger partial charge in [-0.1, -0.05) is 31.6 Å². The average Bonchev–Trinajstić information content (AvgIpc) is 3.12. The summed E-state index contributed by atoms with van der Waals surface area (Å²) in [6.45, 7) is 16.1. The van der Waals surface area contributed by atoms with Crippen LogP contribution in [0.5, 0.6) is 5.75 Å². The van der Waals surface area contributed by atoms with Gasteiger partial charge in [0.2, 0.25) is 0 Å². The standard InChI is InChI=1S/C45H63NO7Se/c1-40(2)34-16-20-45(7)37(43(34,5)19-17-35(40)53-38(49)32(46)18-25-54-9)33(47)26-30-31-27-42(4,22-21-41(31,3)23-24-44(30,45)6)39(50)52-29-13-10-28(11-14-29)12-15-36(48)51-8/h10-15,26,31-32,34-35,37H,16-25,27,46H2,1-9H3/b15-12+/t31-,32+,34+,35+,37-,41-,42+,43+,44-,45-/m1/s1. The molecular weight excluding hydrogens is 745 g/mol. The molecular formula is C45H63NO7Se. The molecule has 2 N–H and O–H groups in total. The SMILES string of the molecule is COC(=O)/C=C/c1ccc(OC(=O)[C@@]2(C)CC[C@]3(C)CC[C@]4(C)C(=CC(=O)[C@@H]5[C@@]6(C)CC[C@H](OC(=O)[C@@H](N)CC[Se]C)C(C)(C)[C@@H]6CC[C@]54C)[C@H]3C2)cc1. The van der Waals surface area contributed by atoms with Gasteiger partial charge < -0.3 is 9.47 Å². The van der Waals surface area contributed by atoms with Gasteiger partial charge in [-0.05, 0) is 74.1 Å². The van der Waals surface area contributed by atoms with Crippen LogP contribution in [0.25, 0.3) is 6.08 Å². The summed E-state index contributed by atoms with van der Waals surface area (Å²) in [4.78, 5) is 53.5. The van der Waals surface area contributed by atoms with E-state index in [9.17, 15) is 19.2 Å². The van der Waals surface area contributed by atoms with E-state index in [4.69, 9.17) is 15.2 Å². The summed E-state index contributed by atoms with van der Waals surface area (Å²) in [6, 6.07) is 6.55. The van der Waals surface area contributed by atoms with Crippen molar-refractivity contribution in [3.8, 4) is 5.75 Å². The molecule has 6 rings (SSSR count). The summed E-state index contributed by atoms with van der Waals surface area (Å²) in [5.41, 5.74) is 6.69. The number of carbonyl (C=O) groups is 4. The van der Waals surface area contributed by atoms with Crippen molar-refractivity contribution in [3.63, 3.8) is 0 Å². The number of benzene rings is 1. The van der Waals surface area contributed by atoms with Crippen molar-refractivity contribution in [2.75, 3.05) is 7.11 Å². The maximum atomic E-state index is 14.9. The molecule has 4 saturated carbocycles. The molecule has 0 unspecified atom stereocenters. The second kappa shape index (κ2) is 14.6. The fraction of sp³-hybridized carbons (Fsp3) is 0.689. The van der Waals surface area contributed by atoms with Crippen LogP contribution >= 0.6 is 0 Å². The molecule has 0 aliphatic heterocycles. The Labute approximate surface area is 329 Å². The van der Waals surface area contributed by atoms with Crippen molar-refractivity contribution in [3.05, 3.63) is 47.6 Å². The minimum atomic E-state index is -0.697. The first-order valence-corrected chi connectivity index (χ1v) is 23.0. The zero-order valence-electron chi connectivity index (χ0n) is 34.0. The van der Waals surface area contributed by atoms with Gasteiger partial charge in [0.25, 0.3) is 0 Å². The van der Waals surface area contributed by atoms with Gasteiger partial charge in [0.1, 0.15) is 5.75 Å². The number of hydrogen-bond acceptors (Lipinski definition) is 8. The summed E-state index contributed by atoms with van der Waals surface area (Å²) in [6.07, 6.45) is 13.4. The number of esters is 3. The van der Waals surface area contributed by atoms with E-state index in [1.807, 2.05) is 25.1 Å². The van der Waals surface area contributed by atoms with Crippen LogP contribution < -0.4 is 10.5 Å². The van der Waals surface area contributed by atoms with E-state index in [1.54, 1.807) is 18.2 Å². The number of carbonyl (C=O) groups excluding carboxylic acids is 4. The predicted molar refractivity (Wildman–Crippen MR) is 211 cm³/mol. The number of nitrogens with two attached hydrogens (primary N) is 1. The molecule has 0 radical (unpaired) electrons. The third-order valence-corrected chi connectivity index (χ3v) is 17.3. The maximum absolute atomic E-state index is 14.9. The number of allylic oxidation sites excluding steroid dienone is 2. The smallest absolute Gasteiger partial charge is 0.0513 e. The zero-order valence-corrected chi connectivity index (χ0v) is 35.8. The number of hydrogen-bond donors (Lipinski definition) is 1. The Morgan fingerprint density at radius 3 is 2.30 bits per heavy atom. The second-order valence-electron chi connectivity index (χ2n) is 19.2. The van der Waals surface area contributed by atoms with Crippen LogP contribution in [0.15, 0.2) is 42.0 Å². The van der Waals surface area contributed by atoms with E-state index in [0.29, 0.717) is 33.5 Å². The molecule has 0 heterocycles. The Morgan fingerprint density at radius 2 is 1.63 bits per heavy atom. The fourth-order valence-electron chi connectivity index (χ4n) is 12.3. The van der Waals surface area contributed by atoms with Crippen LogP contribution in [0.1, 0.15) is 118 Å². The number of fused-ring (bicyclic) bond motifs is 7. The van der Waals surface area contributed by atoms with Crippen LogP contribution in [0.4, 0.5) is 0 Å². The van der Waals surface area contributed by atoms with E-state index in [2.05, 4.69) is 52.1 Å². The average molecular weight is 809 g/mol. The Morgan fingerprint density at radius 1 is 0.944 bits per heavy atom. The normalized spacial score (nSPS) is 38.9. The van der Waals surface area contributed by atoms with Crippen LogP contribution in [-0.2, 0) is 28.7 Å². The Bertz CT molecular complexity index is 1720. The third-order valence-electron chi connectivity index (χ3n) is 15.9. The molecule has 0 amide bonds. The molecule has 0 saturated heterocycles. The Kier molecular flexibility index (Phi) is 11.1. The van der Waals surface area contributed by atoms with Gasteiger partial charge in [0, 0.05) is 6.08 Å². The van der Waals surface area contributed by atoms with Gasteiger partial charge in [0.05, 0.1) is 12.5 Å². The predicted octanol–water partition coefficient (Wildman–Crippen LogP) is 8.56. The quantitative estimate of drug-likeness (QED) is 0.114. The Balaban J connectivity index is 1.24. The van der Waals surface area contributed by atoms with E-state index in [-0.39, 0.29) is 68.7 Å². The fourth-order valence-corrected chi connectivity index (χ4v) is 13.3. The molecule has 296 valence electrons. The number of ketones is 1. The van der Waals surface area contributed by atoms with Crippen molar-refractivity contribution in [1.29, 1.82) is 0 Å². The molecule has 5 aliphatic rings. The first-order valence-electron chi connectivity index (χ1n) is 20.1. The molecule has 1 aromatic rings. The summed E-state index contributed by atoms with van der Waals surface area (Å²) in [5, 5.41) is 0.965. The van der Waals surface area contributed by atoms with Crippen LogP contribution in [-0.4, -0.2) is 57.9 Å². The van der Waals surface area contributed by atoms with Gasteiger partial charge in [-0.15, -0.1) is 0 Å². The van der Waals surface area contributed by atoms with Crippen LogP contribution in [0, 0.1) is 50.2 Å². The van der Waals surface area contributed by atoms with Crippen molar-refractivity contribution >= 4 is 44.7 Å². The van der Waals surface area contributed by atoms with Crippen molar-refractivity contribution in [1.82, 2.24) is 0 Å². The minimum Gasteiger partial charge on any atom is -0.0513 e. The van der Waals surface area contributed by atoms with Crippen molar-refractivity contribution in [2.24, 2.45) is 56.0 Å². The van der Waals surface area contributed by atoms with Gasteiger partial charge >= 0.3 is 181 Å². The number of methoxy groups -OCH3 is 1. The third kappa shape index (κ3) is 6.76. The zero-order chi connectivity index (χ0) is 39.5. The Hall–Kier alpha value is -2.74. The molecule has 54 heavy (non-hydrogen) atoms. The van der Waals surface area contributed by atoms with Crippen LogP contribution in [0.2, 0.25) is 11.1 Å². The first-order chi connectivity index (χ1) is 25.3.